The van der Waals surface area contributed by atoms with Gasteiger partial charge >= 0.3 is 0 Å². The lowest BCUT2D eigenvalue weighted by molar-refractivity contribution is 0.102. The molecule has 8 heteroatoms. The summed E-state index contributed by atoms with van der Waals surface area (Å²) >= 11 is 3.50. The predicted octanol–water partition coefficient (Wildman–Crippen LogP) is 3.90. The standard InChI is InChI=1S/C23H25BrN4O3/c1-15(2)14-28-23(30)18-6-4-3-5-17(18)21(26-28)22(29)25-19-13-16(24)7-8-20(19)27-9-11-31-12-10-27/h3-8,13,15H,9-12,14H2,1-2H3,(H,25,29). The molecular formula is C23H25BrN4O3. The Morgan fingerprint density at radius 3 is 2.58 bits per heavy atom. The van der Waals surface area contributed by atoms with Crippen molar-refractivity contribution in [2.24, 2.45) is 5.92 Å². The molecular weight excluding hydrogens is 460 g/mol. The largest absolute Gasteiger partial charge is 0.378 e. The molecule has 0 bridgehead atoms. The van der Waals surface area contributed by atoms with Crippen LogP contribution in [0.5, 0.6) is 0 Å². The Bertz CT molecular complexity index is 1170. The van der Waals surface area contributed by atoms with E-state index in [1.54, 1.807) is 18.2 Å². The normalized spacial score (nSPS) is 14.3. The number of aromatic nitrogens is 2. The van der Waals surface area contributed by atoms with Crippen molar-refractivity contribution in [3.8, 4) is 0 Å². The van der Waals surface area contributed by atoms with Crippen LogP contribution in [0.25, 0.3) is 10.8 Å². The number of carbonyl (C=O) groups is 1. The number of fused-ring (bicyclic) bond motifs is 1. The van der Waals surface area contributed by atoms with Crippen molar-refractivity contribution < 1.29 is 9.53 Å². The second-order valence-electron chi connectivity index (χ2n) is 7.99. The van der Waals surface area contributed by atoms with Gasteiger partial charge in [-0.2, -0.15) is 5.10 Å². The van der Waals surface area contributed by atoms with Crippen molar-refractivity contribution in [1.82, 2.24) is 9.78 Å². The zero-order valence-electron chi connectivity index (χ0n) is 17.6. The van der Waals surface area contributed by atoms with Crippen LogP contribution >= 0.6 is 15.9 Å². The van der Waals surface area contributed by atoms with E-state index < -0.39 is 0 Å². The molecule has 1 aromatic heterocycles. The number of nitrogens with one attached hydrogen (secondary N) is 1. The van der Waals surface area contributed by atoms with Gasteiger partial charge < -0.3 is 15.0 Å². The van der Waals surface area contributed by atoms with Crippen LogP contribution in [0, 0.1) is 5.92 Å². The third-order valence-electron chi connectivity index (χ3n) is 5.18. The first-order valence-electron chi connectivity index (χ1n) is 10.4. The molecule has 1 N–H and O–H groups in total. The number of benzene rings is 2. The average Bonchev–Trinajstić information content (AvgIpc) is 2.76. The highest BCUT2D eigenvalue weighted by atomic mass is 79.9. The van der Waals surface area contributed by atoms with Crippen LogP contribution < -0.4 is 15.8 Å². The Kier molecular flexibility index (Phi) is 6.38. The first-order chi connectivity index (χ1) is 14.9. The van der Waals surface area contributed by atoms with Crippen molar-refractivity contribution in [3.63, 3.8) is 0 Å². The van der Waals surface area contributed by atoms with E-state index >= 15 is 0 Å². The maximum Gasteiger partial charge on any atom is 0.276 e. The molecule has 2 aromatic carbocycles. The summed E-state index contributed by atoms with van der Waals surface area (Å²) in [6, 6.07) is 12.9. The van der Waals surface area contributed by atoms with Crippen molar-refractivity contribution >= 4 is 44.0 Å². The van der Waals surface area contributed by atoms with Gasteiger partial charge in [0, 0.05) is 29.5 Å². The van der Waals surface area contributed by atoms with Gasteiger partial charge in [-0.1, -0.05) is 48.0 Å². The van der Waals surface area contributed by atoms with E-state index in [4.69, 9.17) is 4.74 Å². The van der Waals surface area contributed by atoms with Gasteiger partial charge in [-0.3, -0.25) is 9.59 Å². The van der Waals surface area contributed by atoms with Gasteiger partial charge in [-0.05, 0) is 30.2 Å². The maximum atomic E-state index is 13.4. The highest BCUT2D eigenvalue weighted by Crippen LogP contribution is 2.30. The third-order valence-corrected chi connectivity index (χ3v) is 5.67. The summed E-state index contributed by atoms with van der Waals surface area (Å²) in [5, 5.41) is 8.52. The molecule has 1 aliphatic heterocycles. The lowest BCUT2D eigenvalue weighted by Crippen LogP contribution is -2.37. The van der Waals surface area contributed by atoms with Crippen molar-refractivity contribution in [2.75, 3.05) is 36.5 Å². The number of anilines is 2. The van der Waals surface area contributed by atoms with Crippen LogP contribution in [-0.2, 0) is 11.3 Å². The van der Waals surface area contributed by atoms with Gasteiger partial charge in [-0.25, -0.2) is 4.68 Å². The monoisotopic (exact) mass is 484 g/mol. The van der Waals surface area contributed by atoms with E-state index in [2.05, 4.69) is 31.2 Å². The van der Waals surface area contributed by atoms with E-state index in [1.165, 1.54) is 4.68 Å². The van der Waals surface area contributed by atoms with Crippen molar-refractivity contribution in [3.05, 3.63) is 63.0 Å². The van der Waals surface area contributed by atoms with E-state index in [-0.39, 0.29) is 23.1 Å². The smallest absolute Gasteiger partial charge is 0.276 e. The number of morpholine rings is 1. The summed E-state index contributed by atoms with van der Waals surface area (Å²) in [6.45, 7) is 7.28. The van der Waals surface area contributed by atoms with Gasteiger partial charge in [0.1, 0.15) is 0 Å². The Labute approximate surface area is 189 Å². The van der Waals surface area contributed by atoms with Crippen LogP contribution in [0.1, 0.15) is 24.3 Å². The van der Waals surface area contributed by atoms with Gasteiger partial charge in [0.15, 0.2) is 5.69 Å². The first kappa shape index (κ1) is 21.5. The predicted molar refractivity (Wildman–Crippen MR) is 126 cm³/mol. The Morgan fingerprint density at radius 1 is 1.16 bits per heavy atom. The molecule has 1 amide bonds. The molecule has 2 heterocycles. The Hall–Kier alpha value is -2.71. The quantitative estimate of drug-likeness (QED) is 0.593. The van der Waals surface area contributed by atoms with Crippen molar-refractivity contribution in [2.45, 2.75) is 20.4 Å². The van der Waals surface area contributed by atoms with Crippen LogP contribution in [0.3, 0.4) is 0 Å². The van der Waals surface area contributed by atoms with Gasteiger partial charge in [-0.15, -0.1) is 0 Å². The Morgan fingerprint density at radius 2 is 1.87 bits per heavy atom. The molecule has 7 nitrogen and oxygen atoms in total. The fourth-order valence-electron chi connectivity index (χ4n) is 3.74. The lowest BCUT2D eigenvalue weighted by atomic mass is 10.1. The first-order valence-corrected chi connectivity index (χ1v) is 11.2. The summed E-state index contributed by atoms with van der Waals surface area (Å²) in [7, 11) is 0. The lowest BCUT2D eigenvalue weighted by Gasteiger charge is -2.30. The second kappa shape index (κ2) is 9.20. The third kappa shape index (κ3) is 4.65. The van der Waals surface area contributed by atoms with Gasteiger partial charge in [0.05, 0.1) is 30.0 Å². The zero-order valence-corrected chi connectivity index (χ0v) is 19.2. The number of carbonyl (C=O) groups excluding carboxylic acids is 1. The van der Waals surface area contributed by atoms with Crippen LogP contribution in [0.4, 0.5) is 11.4 Å². The number of hydrogen-bond acceptors (Lipinski definition) is 5. The molecule has 0 saturated carbocycles. The van der Waals surface area contributed by atoms with E-state index in [9.17, 15) is 9.59 Å². The molecule has 162 valence electrons. The van der Waals surface area contributed by atoms with Crippen molar-refractivity contribution in [1.29, 1.82) is 0 Å². The second-order valence-corrected chi connectivity index (χ2v) is 8.91. The topological polar surface area (TPSA) is 76.5 Å². The summed E-state index contributed by atoms with van der Waals surface area (Å²) in [5.74, 6) is -0.124. The molecule has 0 aliphatic carbocycles. The minimum Gasteiger partial charge on any atom is -0.378 e. The summed E-state index contributed by atoms with van der Waals surface area (Å²) < 4.78 is 7.72. The molecule has 1 fully saturated rings. The molecule has 1 saturated heterocycles. The van der Waals surface area contributed by atoms with E-state index in [1.807, 2.05) is 38.1 Å². The van der Waals surface area contributed by atoms with Crippen LogP contribution in [0.2, 0.25) is 0 Å². The molecule has 0 radical (unpaired) electrons. The number of halogens is 1. The maximum absolute atomic E-state index is 13.4. The molecule has 0 spiro atoms. The molecule has 3 aromatic rings. The molecule has 0 atom stereocenters. The van der Waals surface area contributed by atoms with E-state index in [0.717, 1.165) is 23.2 Å². The fourth-order valence-corrected chi connectivity index (χ4v) is 4.10. The minimum atomic E-state index is -0.346. The van der Waals surface area contributed by atoms with Gasteiger partial charge in [0.25, 0.3) is 11.5 Å². The zero-order chi connectivity index (χ0) is 22.0. The number of nitrogens with zero attached hydrogens (tertiary/aromatic N) is 3. The molecule has 31 heavy (non-hydrogen) atoms. The Balaban J connectivity index is 1.75. The van der Waals surface area contributed by atoms with Gasteiger partial charge in [0.2, 0.25) is 0 Å². The number of ether oxygens (including phenoxy) is 1. The summed E-state index contributed by atoms with van der Waals surface area (Å²) in [6.07, 6.45) is 0. The summed E-state index contributed by atoms with van der Waals surface area (Å²) in [5.41, 5.74) is 1.68. The van der Waals surface area contributed by atoms with Crippen LogP contribution in [-0.4, -0.2) is 42.0 Å². The number of hydrogen-bond donors (Lipinski definition) is 1. The molecule has 1 aliphatic rings. The number of rotatable bonds is 5. The summed E-state index contributed by atoms with van der Waals surface area (Å²) in [4.78, 5) is 28.4. The fraction of sp³-hybridized carbons (Fsp3) is 0.348. The minimum absolute atomic E-state index is 0.183. The highest BCUT2D eigenvalue weighted by Gasteiger charge is 2.21. The number of amides is 1. The molecule has 0 unspecified atom stereocenters. The SMILES string of the molecule is CC(C)Cn1nc(C(=O)Nc2cc(Br)ccc2N2CCOCC2)c2ccccc2c1=O. The molecule has 4 rings (SSSR count). The highest BCUT2D eigenvalue weighted by molar-refractivity contribution is 9.10. The van der Waals surface area contributed by atoms with E-state index in [0.29, 0.717) is 36.2 Å². The van der Waals surface area contributed by atoms with Crippen LogP contribution in [0.15, 0.2) is 51.7 Å². The average molecular weight is 485 g/mol.